The van der Waals surface area contributed by atoms with Gasteiger partial charge in [0.25, 0.3) is 0 Å². The Hall–Kier alpha value is -1.29. The summed E-state index contributed by atoms with van der Waals surface area (Å²) in [5.74, 6) is 2.10. The molecule has 1 rings (SSSR count). The standard InChI is InChI=1S/C12H20N2O2/c1-9(2)11(8-15-3)14-12-7-10(16-4)5-6-13-12/h5-7,9,11H,8H2,1-4H3,(H,13,14). The highest BCUT2D eigenvalue weighted by molar-refractivity contribution is 5.41. The SMILES string of the molecule is COCC(Nc1cc(OC)ccn1)C(C)C. The lowest BCUT2D eigenvalue weighted by Crippen LogP contribution is -2.30. The predicted octanol–water partition coefficient (Wildman–Crippen LogP) is 2.17. The van der Waals surface area contributed by atoms with Gasteiger partial charge in [0.05, 0.1) is 19.8 Å². The van der Waals surface area contributed by atoms with Crippen LogP contribution >= 0.6 is 0 Å². The van der Waals surface area contributed by atoms with Crippen molar-refractivity contribution < 1.29 is 9.47 Å². The Morgan fingerprint density at radius 2 is 2.12 bits per heavy atom. The van der Waals surface area contributed by atoms with Gasteiger partial charge in [0, 0.05) is 19.4 Å². The van der Waals surface area contributed by atoms with E-state index >= 15 is 0 Å². The topological polar surface area (TPSA) is 43.4 Å². The summed E-state index contributed by atoms with van der Waals surface area (Å²) in [4.78, 5) is 4.25. The van der Waals surface area contributed by atoms with E-state index in [2.05, 4.69) is 24.1 Å². The summed E-state index contributed by atoms with van der Waals surface area (Å²) in [6.45, 7) is 4.96. The van der Waals surface area contributed by atoms with Crippen molar-refractivity contribution in [2.24, 2.45) is 5.92 Å². The molecule has 0 saturated heterocycles. The van der Waals surface area contributed by atoms with Crippen LogP contribution in [0.4, 0.5) is 5.82 Å². The van der Waals surface area contributed by atoms with E-state index in [0.717, 1.165) is 11.6 Å². The molecule has 0 bridgehead atoms. The second-order valence-corrected chi connectivity index (χ2v) is 4.03. The van der Waals surface area contributed by atoms with E-state index < -0.39 is 0 Å². The van der Waals surface area contributed by atoms with Gasteiger partial charge in [-0.05, 0) is 12.0 Å². The summed E-state index contributed by atoms with van der Waals surface area (Å²) < 4.78 is 10.3. The number of hydrogen-bond donors (Lipinski definition) is 1. The van der Waals surface area contributed by atoms with E-state index in [4.69, 9.17) is 9.47 Å². The molecule has 16 heavy (non-hydrogen) atoms. The molecule has 0 saturated carbocycles. The zero-order chi connectivity index (χ0) is 12.0. The molecule has 4 heteroatoms. The van der Waals surface area contributed by atoms with Gasteiger partial charge in [-0.1, -0.05) is 13.8 Å². The summed E-state index contributed by atoms with van der Waals surface area (Å²) in [6, 6.07) is 3.96. The molecule has 0 aromatic carbocycles. The molecule has 0 aliphatic carbocycles. The van der Waals surface area contributed by atoms with Crippen molar-refractivity contribution in [2.75, 3.05) is 26.1 Å². The highest BCUT2D eigenvalue weighted by Crippen LogP contribution is 2.16. The average molecular weight is 224 g/mol. The van der Waals surface area contributed by atoms with Gasteiger partial charge in [-0.25, -0.2) is 4.98 Å². The maximum Gasteiger partial charge on any atom is 0.129 e. The van der Waals surface area contributed by atoms with Crippen LogP contribution in [0.1, 0.15) is 13.8 Å². The van der Waals surface area contributed by atoms with Crippen molar-refractivity contribution in [1.82, 2.24) is 4.98 Å². The molecule has 0 fully saturated rings. The van der Waals surface area contributed by atoms with Crippen LogP contribution in [-0.4, -0.2) is 31.9 Å². The van der Waals surface area contributed by atoms with E-state index in [1.54, 1.807) is 20.4 Å². The third-order valence-corrected chi connectivity index (χ3v) is 2.45. The van der Waals surface area contributed by atoms with Crippen LogP contribution in [0.5, 0.6) is 5.75 Å². The predicted molar refractivity (Wildman–Crippen MR) is 64.9 cm³/mol. The Balaban J connectivity index is 2.68. The number of hydrogen-bond acceptors (Lipinski definition) is 4. The number of aromatic nitrogens is 1. The summed E-state index contributed by atoms with van der Waals surface area (Å²) in [6.07, 6.45) is 1.73. The number of nitrogens with one attached hydrogen (secondary N) is 1. The average Bonchev–Trinajstić information content (AvgIpc) is 2.28. The quantitative estimate of drug-likeness (QED) is 0.804. The van der Waals surface area contributed by atoms with Crippen LogP contribution in [0.2, 0.25) is 0 Å². The monoisotopic (exact) mass is 224 g/mol. The van der Waals surface area contributed by atoms with Crippen LogP contribution in [0.15, 0.2) is 18.3 Å². The minimum Gasteiger partial charge on any atom is -0.497 e. The normalized spacial score (nSPS) is 12.6. The van der Waals surface area contributed by atoms with Gasteiger partial charge in [0.15, 0.2) is 0 Å². The first-order valence-corrected chi connectivity index (χ1v) is 5.43. The Bertz CT molecular complexity index is 316. The molecule has 0 spiro atoms. The number of rotatable bonds is 6. The van der Waals surface area contributed by atoms with Crippen molar-refractivity contribution in [1.29, 1.82) is 0 Å². The first-order chi connectivity index (χ1) is 7.67. The van der Waals surface area contributed by atoms with Crippen molar-refractivity contribution >= 4 is 5.82 Å². The number of ether oxygens (including phenoxy) is 2. The fraction of sp³-hybridized carbons (Fsp3) is 0.583. The summed E-state index contributed by atoms with van der Waals surface area (Å²) in [5.41, 5.74) is 0. The highest BCUT2D eigenvalue weighted by atomic mass is 16.5. The molecule has 1 unspecified atom stereocenters. The Kier molecular flexibility index (Phi) is 5.05. The second-order valence-electron chi connectivity index (χ2n) is 4.03. The van der Waals surface area contributed by atoms with Gasteiger partial charge >= 0.3 is 0 Å². The minimum absolute atomic E-state index is 0.254. The summed E-state index contributed by atoms with van der Waals surface area (Å²) in [7, 11) is 3.35. The first-order valence-electron chi connectivity index (χ1n) is 5.43. The molecule has 1 N–H and O–H groups in total. The highest BCUT2D eigenvalue weighted by Gasteiger charge is 2.13. The molecule has 0 aliphatic heterocycles. The third kappa shape index (κ3) is 3.70. The number of nitrogens with zero attached hydrogens (tertiary/aromatic N) is 1. The molecule has 1 aromatic heterocycles. The maximum atomic E-state index is 5.17. The van der Waals surface area contributed by atoms with Crippen molar-refractivity contribution in [3.63, 3.8) is 0 Å². The summed E-state index contributed by atoms with van der Waals surface area (Å²) in [5, 5.41) is 3.34. The fourth-order valence-electron chi connectivity index (χ4n) is 1.39. The van der Waals surface area contributed by atoms with Crippen LogP contribution in [-0.2, 0) is 4.74 Å². The molecule has 0 amide bonds. The van der Waals surface area contributed by atoms with Crippen molar-refractivity contribution in [3.8, 4) is 5.75 Å². The third-order valence-electron chi connectivity index (χ3n) is 2.45. The lowest BCUT2D eigenvalue weighted by molar-refractivity contribution is 0.171. The molecule has 1 aromatic rings. The maximum absolute atomic E-state index is 5.17. The second kappa shape index (κ2) is 6.33. The number of methoxy groups -OCH3 is 2. The van der Waals surface area contributed by atoms with Gasteiger partial charge in [-0.2, -0.15) is 0 Å². The minimum atomic E-state index is 0.254. The van der Waals surface area contributed by atoms with Crippen LogP contribution in [0, 0.1) is 5.92 Å². The van der Waals surface area contributed by atoms with Crippen molar-refractivity contribution in [3.05, 3.63) is 18.3 Å². The van der Waals surface area contributed by atoms with E-state index in [1.807, 2.05) is 12.1 Å². The molecule has 0 aliphatic rings. The van der Waals surface area contributed by atoms with Gasteiger partial charge in [0.2, 0.25) is 0 Å². The zero-order valence-corrected chi connectivity index (χ0v) is 10.4. The van der Waals surface area contributed by atoms with Crippen LogP contribution < -0.4 is 10.1 Å². The first kappa shape index (κ1) is 12.8. The van der Waals surface area contributed by atoms with E-state index in [-0.39, 0.29) is 6.04 Å². The van der Waals surface area contributed by atoms with E-state index in [9.17, 15) is 0 Å². The number of pyridine rings is 1. The molecule has 4 nitrogen and oxygen atoms in total. The molecule has 0 radical (unpaired) electrons. The van der Waals surface area contributed by atoms with Gasteiger partial charge in [0.1, 0.15) is 11.6 Å². The molecule has 1 atom stereocenters. The van der Waals surface area contributed by atoms with E-state index in [0.29, 0.717) is 12.5 Å². The zero-order valence-electron chi connectivity index (χ0n) is 10.4. The van der Waals surface area contributed by atoms with Gasteiger partial charge in [-0.3, -0.25) is 0 Å². The Labute approximate surface area is 97.0 Å². The largest absolute Gasteiger partial charge is 0.497 e. The molecular formula is C12H20N2O2. The summed E-state index contributed by atoms with van der Waals surface area (Å²) >= 11 is 0. The lowest BCUT2D eigenvalue weighted by atomic mass is 10.1. The lowest BCUT2D eigenvalue weighted by Gasteiger charge is -2.22. The molecule has 90 valence electrons. The van der Waals surface area contributed by atoms with Crippen molar-refractivity contribution in [2.45, 2.75) is 19.9 Å². The Morgan fingerprint density at radius 3 is 2.69 bits per heavy atom. The van der Waals surface area contributed by atoms with E-state index in [1.165, 1.54) is 0 Å². The fourth-order valence-corrected chi connectivity index (χ4v) is 1.39. The van der Waals surface area contributed by atoms with Crippen LogP contribution in [0.25, 0.3) is 0 Å². The Morgan fingerprint density at radius 1 is 1.38 bits per heavy atom. The van der Waals surface area contributed by atoms with Crippen LogP contribution in [0.3, 0.4) is 0 Å². The molecular weight excluding hydrogens is 204 g/mol. The van der Waals surface area contributed by atoms with Gasteiger partial charge < -0.3 is 14.8 Å². The van der Waals surface area contributed by atoms with Gasteiger partial charge in [-0.15, -0.1) is 0 Å². The molecule has 1 heterocycles. The smallest absolute Gasteiger partial charge is 0.129 e. The number of anilines is 1.